The Hall–Kier alpha value is -2.56. The lowest BCUT2D eigenvalue weighted by molar-refractivity contribution is -0.541. The predicted molar refractivity (Wildman–Crippen MR) is 113 cm³/mol. The SMILES string of the molecule is CCCC(C(O)C(F)(F)CC=C=CN(C(=O)OC(C)(C)C)C(=O)OC(C)(C)C)[N+](=O)[O-].N. The summed E-state index contributed by atoms with van der Waals surface area (Å²) in [5, 5.41) is 20.7. The van der Waals surface area contributed by atoms with E-state index in [4.69, 9.17) is 9.47 Å². The largest absolute Gasteiger partial charge is 0.443 e. The van der Waals surface area contributed by atoms with E-state index in [-0.39, 0.29) is 19.0 Å². The van der Waals surface area contributed by atoms with Gasteiger partial charge in [0, 0.05) is 17.8 Å². The number of rotatable bonds is 8. The van der Waals surface area contributed by atoms with Gasteiger partial charge in [0.2, 0.25) is 6.04 Å². The molecule has 0 saturated heterocycles. The van der Waals surface area contributed by atoms with Crippen LogP contribution in [0.15, 0.2) is 18.0 Å². The zero-order chi connectivity index (χ0) is 24.6. The van der Waals surface area contributed by atoms with Crippen molar-refractivity contribution in [2.24, 2.45) is 0 Å². The third-order valence-corrected chi connectivity index (χ3v) is 3.53. The number of carbonyl (C=O) groups is 2. The Bertz CT molecular complexity index is 681. The van der Waals surface area contributed by atoms with E-state index in [9.17, 15) is 33.6 Å². The third kappa shape index (κ3) is 11.7. The van der Waals surface area contributed by atoms with Gasteiger partial charge in [-0.2, -0.15) is 4.90 Å². The minimum Gasteiger partial charge on any atom is -0.443 e. The van der Waals surface area contributed by atoms with Crippen LogP contribution < -0.4 is 6.15 Å². The molecule has 0 aromatic heterocycles. The van der Waals surface area contributed by atoms with Crippen LogP contribution in [0.4, 0.5) is 18.4 Å². The molecule has 2 amide bonds. The second-order valence-electron chi connectivity index (χ2n) is 8.88. The van der Waals surface area contributed by atoms with Crippen LogP contribution in [-0.4, -0.2) is 56.4 Å². The van der Waals surface area contributed by atoms with Gasteiger partial charge in [-0.3, -0.25) is 10.1 Å². The van der Waals surface area contributed by atoms with Gasteiger partial charge in [0.25, 0.3) is 5.92 Å². The van der Waals surface area contributed by atoms with E-state index in [1.165, 1.54) is 0 Å². The highest BCUT2D eigenvalue weighted by atomic mass is 19.3. The van der Waals surface area contributed by atoms with E-state index < -0.39 is 52.8 Å². The van der Waals surface area contributed by atoms with Crippen LogP contribution in [-0.2, 0) is 9.47 Å². The minimum atomic E-state index is -3.82. The van der Waals surface area contributed by atoms with Gasteiger partial charge in [0.15, 0.2) is 6.10 Å². The number of halogens is 2. The van der Waals surface area contributed by atoms with Crippen molar-refractivity contribution in [3.63, 3.8) is 0 Å². The number of allylic oxidation sites excluding steroid dienone is 1. The van der Waals surface area contributed by atoms with Crippen LogP contribution in [0.3, 0.4) is 0 Å². The summed E-state index contributed by atoms with van der Waals surface area (Å²) in [7, 11) is 0. The molecule has 4 N–H and O–H groups in total. The number of alkyl halides is 2. The predicted octanol–water partition coefficient (Wildman–Crippen LogP) is 4.82. The van der Waals surface area contributed by atoms with Gasteiger partial charge in [-0.25, -0.2) is 18.4 Å². The lowest BCUT2D eigenvalue weighted by Crippen LogP contribution is -2.46. The molecule has 0 aliphatic carbocycles. The molecule has 2 atom stereocenters. The number of hydrogen-bond donors (Lipinski definition) is 2. The fourth-order valence-electron chi connectivity index (χ4n) is 2.20. The summed E-state index contributed by atoms with van der Waals surface area (Å²) in [5.74, 6) is -3.82. The monoisotopic (exact) mass is 467 g/mol. The van der Waals surface area contributed by atoms with Crippen molar-refractivity contribution in [3.8, 4) is 0 Å². The van der Waals surface area contributed by atoms with Crippen molar-refractivity contribution >= 4 is 12.2 Å². The fourth-order valence-corrected chi connectivity index (χ4v) is 2.20. The van der Waals surface area contributed by atoms with Gasteiger partial charge in [-0.15, -0.1) is 5.73 Å². The molecule has 32 heavy (non-hydrogen) atoms. The number of nitrogens with zero attached hydrogens (tertiary/aromatic N) is 2. The number of hydrogen-bond acceptors (Lipinski definition) is 8. The summed E-state index contributed by atoms with van der Waals surface area (Å²) in [6, 6.07) is -1.82. The molecule has 0 aromatic rings. The quantitative estimate of drug-likeness (QED) is 0.292. The second-order valence-corrected chi connectivity index (χ2v) is 8.88. The summed E-state index contributed by atoms with van der Waals surface area (Å²) in [6.07, 6.45) is -4.26. The van der Waals surface area contributed by atoms with Crippen molar-refractivity contribution < 1.29 is 37.9 Å². The number of amides is 2. The number of aliphatic hydroxyl groups is 1. The smallest absolute Gasteiger partial charge is 0.424 e. The minimum absolute atomic E-state index is 0. The molecule has 0 aromatic carbocycles. The van der Waals surface area contributed by atoms with E-state index in [1.807, 2.05) is 0 Å². The first kappa shape index (κ1) is 31.6. The average molecular weight is 468 g/mol. The average Bonchev–Trinajstić information content (AvgIpc) is 2.55. The van der Waals surface area contributed by atoms with E-state index >= 15 is 0 Å². The van der Waals surface area contributed by atoms with E-state index in [1.54, 1.807) is 48.5 Å². The Kier molecular flexibility index (Phi) is 12.3. The van der Waals surface area contributed by atoms with Crippen molar-refractivity contribution in [3.05, 3.63) is 28.1 Å². The Morgan fingerprint density at radius 3 is 1.91 bits per heavy atom. The van der Waals surface area contributed by atoms with Crippen LogP contribution >= 0.6 is 0 Å². The van der Waals surface area contributed by atoms with Crippen LogP contribution in [0, 0.1) is 10.1 Å². The summed E-state index contributed by atoms with van der Waals surface area (Å²) < 4.78 is 38.6. The highest BCUT2D eigenvalue weighted by Gasteiger charge is 2.47. The number of imide groups is 1. The molecule has 0 bridgehead atoms. The summed E-state index contributed by atoms with van der Waals surface area (Å²) >= 11 is 0. The topological polar surface area (TPSA) is 154 Å². The third-order valence-electron chi connectivity index (χ3n) is 3.53. The van der Waals surface area contributed by atoms with Crippen LogP contribution in [0.5, 0.6) is 0 Å². The van der Waals surface area contributed by atoms with E-state index in [2.05, 4.69) is 5.73 Å². The Balaban J connectivity index is 0. The Morgan fingerprint density at radius 2 is 1.56 bits per heavy atom. The van der Waals surface area contributed by atoms with Crippen molar-refractivity contribution in [2.75, 3.05) is 0 Å². The lowest BCUT2D eigenvalue weighted by atomic mass is 9.98. The molecule has 186 valence electrons. The molecule has 10 nitrogen and oxygen atoms in total. The van der Waals surface area contributed by atoms with Crippen LogP contribution in [0.25, 0.3) is 0 Å². The van der Waals surface area contributed by atoms with E-state index in [0.29, 0.717) is 4.90 Å². The molecule has 0 spiro atoms. The molecular formula is C20H35F2N3O7. The second kappa shape index (κ2) is 12.5. The zero-order valence-electron chi connectivity index (χ0n) is 19.7. The van der Waals surface area contributed by atoms with Gasteiger partial charge in [-0.1, -0.05) is 6.92 Å². The number of nitro groups is 1. The van der Waals surface area contributed by atoms with Crippen molar-refractivity contribution in [1.82, 2.24) is 11.1 Å². The fraction of sp³-hybridized carbons (Fsp3) is 0.750. The number of carbonyl (C=O) groups excluding carboxylic acids is 2. The van der Waals surface area contributed by atoms with E-state index in [0.717, 1.165) is 12.3 Å². The molecule has 2 unspecified atom stereocenters. The van der Waals surface area contributed by atoms with Crippen LogP contribution in [0.1, 0.15) is 67.7 Å². The first-order valence-corrected chi connectivity index (χ1v) is 9.77. The molecule has 0 heterocycles. The molecule has 0 radical (unpaired) electrons. The summed E-state index contributed by atoms with van der Waals surface area (Å²) in [5.41, 5.74) is 0.360. The van der Waals surface area contributed by atoms with Gasteiger partial charge in [0.1, 0.15) is 11.2 Å². The Morgan fingerprint density at radius 1 is 1.12 bits per heavy atom. The highest BCUT2D eigenvalue weighted by molar-refractivity contribution is 5.89. The van der Waals surface area contributed by atoms with Gasteiger partial charge >= 0.3 is 12.2 Å². The maximum atomic E-state index is 14.2. The highest BCUT2D eigenvalue weighted by Crippen LogP contribution is 2.28. The summed E-state index contributed by atoms with van der Waals surface area (Å²) in [4.78, 5) is 35.0. The first-order chi connectivity index (χ1) is 13.9. The molecule has 0 aliphatic rings. The zero-order valence-corrected chi connectivity index (χ0v) is 19.7. The van der Waals surface area contributed by atoms with Gasteiger partial charge in [0.05, 0.1) is 6.20 Å². The normalized spacial score (nSPS) is 13.6. The van der Waals surface area contributed by atoms with Crippen molar-refractivity contribution in [1.29, 1.82) is 0 Å². The maximum Gasteiger partial charge on any atom is 0.424 e. The van der Waals surface area contributed by atoms with Crippen molar-refractivity contribution in [2.45, 2.75) is 97.0 Å². The molecule has 0 fully saturated rings. The van der Waals surface area contributed by atoms with Gasteiger partial charge < -0.3 is 20.7 Å². The molecule has 0 rings (SSSR count). The molecule has 0 aliphatic heterocycles. The molecular weight excluding hydrogens is 432 g/mol. The van der Waals surface area contributed by atoms with Crippen LogP contribution in [0.2, 0.25) is 0 Å². The van der Waals surface area contributed by atoms with Gasteiger partial charge in [-0.05, 0) is 54.0 Å². The Labute approximate surface area is 187 Å². The maximum absolute atomic E-state index is 14.2. The molecule has 12 heteroatoms. The number of ether oxygens (including phenoxy) is 2. The molecule has 0 saturated carbocycles. The number of aliphatic hydroxyl groups excluding tert-OH is 1. The lowest BCUT2D eigenvalue weighted by Gasteiger charge is -2.26. The summed E-state index contributed by atoms with van der Waals surface area (Å²) in [6.45, 7) is 11.0. The first-order valence-electron chi connectivity index (χ1n) is 9.77. The standard InChI is InChI=1S/C20H32F2N2O7.H3N/c1-8-11-14(24(28)29)15(25)20(21,22)12-9-10-13-23(16(26)30-18(2,3)4)17(27)31-19(5,6)7;/h9,13-15,25H,8,11-12H2,1-7H3;1H3.